The van der Waals surface area contributed by atoms with Crippen molar-refractivity contribution < 1.29 is 89.9 Å². The second-order valence-electron chi connectivity index (χ2n) is 4.69. The van der Waals surface area contributed by atoms with Crippen LogP contribution in [0.5, 0.6) is 0 Å². The highest BCUT2D eigenvalue weighted by Crippen LogP contribution is 2.70. The molecule has 4 atom stereocenters. The Bertz CT molecular complexity index is 853. The fourth-order valence-electron chi connectivity index (χ4n) is 1.31. The maximum atomic E-state index is 11.5. The van der Waals surface area contributed by atoms with Gasteiger partial charge in [-0.1, -0.05) is 0 Å². The van der Waals surface area contributed by atoms with Gasteiger partial charge in [-0.25, -0.2) is 23.1 Å². The number of carbonyl (C=O) groups is 3. The summed E-state index contributed by atoms with van der Waals surface area (Å²) < 4.78 is 57.6. The number of phosphoric acid groups is 4. The number of aliphatic hydroxyl groups is 1. The number of carboxylic acid groups (broad SMARTS) is 2. The average Bonchev–Trinajstić information content (AvgIpc) is 2.28. The molecule has 4 unspecified atom stereocenters. The molecule has 23 heteroatoms. The van der Waals surface area contributed by atoms with E-state index < -0.39 is 67.6 Å². The first-order chi connectivity index (χ1) is 12.6. The van der Waals surface area contributed by atoms with Crippen molar-refractivity contribution in [2.24, 2.45) is 0 Å². The van der Waals surface area contributed by atoms with Crippen LogP contribution in [0.1, 0.15) is 12.8 Å². The van der Waals surface area contributed by atoms with Crippen molar-refractivity contribution in [2.45, 2.75) is 18.4 Å². The molecule has 0 saturated heterocycles. The SMILES string of the molecule is O=C(O)CC(O)(CC(=O)OP(=O)(O)OP(=O)(O)OP(=O)(O)OP(=O)(O)O)C(=O)O. The van der Waals surface area contributed by atoms with Gasteiger partial charge in [-0.15, -0.1) is 0 Å². The smallest absolute Gasteiger partial charge is 0.481 e. The minimum atomic E-state index is -6.22. The van der Waals surface area contributed by atoms with Gasteiger partial charge < -0.3 is 39.4 Å². The van der Waals surface area contributed by atoms with Gasteiger partial charge in [-0.3, -0.25) is 14.5 Å². The Morgan fingerprint density at radius 2 is 1.14 bits per heavy atom. The van der Waals surface area contributed by atoms with Gasteiger partial charge in [0.15, 0.2) is 5.60 Å². The number of hydrogen-bond donors (Lipinski definition) is 8. The van der Waals surface area contributed by atoms with Crippen LogP contribution in [0.15, 0.2) is 0 Å². The molecule has 0 rings (SSSR count). The van der Waals surface area contributed by atoms with Crippen LogP contribution in [0.25, 0.3) is 0 Å². The third-order valence-corrected chi connectivity index (χ3v) is 7.53. The molecule has 0 aromatic heterocycles. The summed E-state index contributed by atoms with van der Waals surface area (Å²) >= 11 is 0. The lowest BCUT2D eigenvalue weighted by Crippen LogP contribution is -2.43. The number of hydrogen-bond acceptors (Lipinski definition) is 12. The predicted molar refractivity (Wildman–Crippen MR) is 80.3 cm³/mol. The van der Waals surface area contributed by atoms with Gasteiger partial charge in [0.05, 0.1) is 12.8 Å². The number of carboxylic acids is 2. The Kier molecular flexibility index (Phi) is 9.07. The molecule has 0 bridgehead atoms. The van der Waals surface area contributed by atoms with Crippen molar-refractivity contribution >= 4 is 49.2 Å². The molecule has 0 spiro atoms. The second-order valence-corrected chi connectivity index (χ2v) is 10.6. The molecule has 0 saturated carbocycles. The van der Waals surface area contributed by atoms with Crippen LogP contribution in [0.2, 0.25) is 0 Å². The first-order valence-electron chi connectivity index (χ1n) is 6.16. The summed E-state index contributed by atoms with van der Waals surface area (Å²) in [5.41, 5.74) is -3.33. The van der Waals surface area contributed by atoms with Crippen LogP contribution in [-0.2, 0) is 50.1 Å². The molecule has 0 heterocycles. The standard InChI is InChI=1S/C6H12O19P4/c7-3(8)1-6(12,5(10)11)2-4(9)22-27(16,17)24-29(20,21)25-28(18,19)23-26(13,14)15/h12H,1-2H2,(H,7,8)(H,10,11)(H,16,17)(H,18,19)(H,20,21)(H2,13,14,15). The van der Waals surface area contributed by atoms with Crippen molar-refractivity contribution in [3.05, 3.63) is 0 Å². The van der Waals surface area contributed by atoms with E-state index >= 15 is 0 Å². The molecule has 19 nitrogen and oxygen atoms in total. The van der Waals surface area contributed by atoms with Crippen molar-refractivity contribution in [3.63, 3.8) is 0 Å². The van der Waals surface area contributed by atoms with Crippen molar-refractivity contribution in [2.75, 3.05) is 0 Å². The molecule has 8 N–H and O–H groups in total. The first-order valence-corrected chi connectivity index (χ1v) is 12.2. The molecule has 0 aromatic carbocycles. The summed E-state index contributed by atoms with van der Waals surface area (Å²) in [7, 11) is -24.1. The summed E-state index contributed by atoms with van der Waals surface area (Å²) in [6, 6.07) is 0. The molecule has 0 aliphatic carbocycles. The zero-order chi connectivity index (χ0) is 23.5. The zero-order valence-corrected chi connectivity index (χ0v) is 16.8. The van der Waals surface area contributed by atoms with Crippen molar-refractivity contribution in [3.8, 4) is 0 Å². The molecule has 29 heavy (non-hydrogen) atoms. The Balaban J connectivity index is 5.25. The first kappa shape index (κ1) is 28.0. The molecule has 0 amide bonds. The Labute approximate surface area is 158 Å². The molecule has 0 aliphatic heterocycles. The lowest BCUT2D eigenvalue weighted by molar-refractivity contribution is -0.170. The van der Waals surface area contributed by atoms with Gasteiger partial charge in [-0.05, 0) is 0 Å². The topological polar surface area (TPSA) is 318 Å². The lowest BCUT2D eigenvalue weighted by Gasteiger charge is -2.21. The van der Waals surface area contributed by atoms with Gasteiger partial charge in [0, 0.05) is 0 Å². The van der Waals surface area contributed by atoms with Gasteiger partial charge in [0.25, 0.3) is 0 Å². The minimum Gasteiger partial charge on any atom is -0.481 e. The van der Waals surface area contributed by atoms with E-state index in [1.54, 1.807) is 0 Å². The van der Waals surface area contributed by atoms with E-state index in [0.717, 1.165) is 0 Å². The quantitative estimate of drug-likeness (QED) is 0.140. The summed E-state index contributed by atoms with van der Waals surface area (Å²) in [6.45, 7) is 0. The Morgan fingerprint density at radius 3 is 1.52 bits per heavy atom. The van der Waals surface area contributed by atoms with E-state index in [4.69, 9.17) is 34.7 Å². The highest BCUT2D eigenvalue weighted by molar-refractivity contribution is 7.69. The van der Waals surface area contributed by atoms with Gasteiger partial charge in [0.2, 0.25) is 0 Å². The maximum absolute atomic E-state index is 11.5. The van der Waals surface area contributed by atoms with E-state index in [0.29, 0.717) is 0 Å². The van der Waals surface area contributed by atoms with Crippen LogP contribution in [-0.4, -0.2) is 63.3 Å². The summed E-state index contributed by atoms with van der Waals surface area (Å²) in [6.07, 6.45) is -3.36. The van der Waals surface area contributed by atoms with Crippen molar-refractivity contribution in [1.29, 1.82) is 0 Å². The van der Waals surface area contributed by atoms with Gasteiger partial charge >= 0.3 is 49.2 Å². The largest absolute Gasteiger partial charge is 0.538 e. The van der Waals surface area contributed by atoms with Crippen LogP contribution in [0.3, 0.4) is 0 Å². The highest BCUT2D eigenvalue weighted by Gasteiger charge is 2.47. The number of phosphoric ester groups is 1. The fraction of sp³-hybridized carbons (Fsp3) is 0.500. The molecular formula is C6H12O19P4. The van der Waals surface area contributed by atoms with E-state index in [9.17, 15) is 37.8 Å². The normalized spacial score (nSPS) is 20.3. The van der Waals surface area contributed by atoms with Crippen LogP contribution < -0.4 is 0 Å². The van der Waals surface area contributed by atoms with Crippen LogP contribution in [0, 0.1) is 0 Å². The van der Waals surface area contributed by atoms with Crippen molar-refractivity contribution in [1.82, 2.24) is 0 Å². The average molecular weight is 512 g/mol. The molecule has 0 radical (unpaired) electrons. The second kappa shape index (κ2) is 9.41. The Morgan fingerprint density at radius 1 is 0.724 bits per heavy atom. The Hall–Kier alpha value is -1.03. The third-order valence-electron chi connectivity index (χ3n) is 2.12. The number of carbonyl (C=O) groups excluding carboxylic acids is 1. The van der Waals surface area contributed by atoms with E-state index in [-0.39, 0.29) is 0 Å². The van der Waals surface area contributed by atoms with Gasteiger partial charge in [0.1, 0.15) is 0 Å². The summed E-state index contributed by atoms with van der Waals surface area (Å²) in [5, 5.41) is 26.7. The van der Waals surface area contributed by atoms with Crippen LogP contribution >= 0.6 is 31.3 Å². The maximum Gasteiger partial charge on any atom is 0.538 e. The lowest BCUT2D eigenvalue weighted by atomic mass is 9.96. The van der Waals surface area contributed by atoms with Gasteiger partial charge in [-0.2, -0.15) is 12.9 Å². The monoisotopic (exact) mass is 512 g/mol. The summed E-state index contributed by atoms with van der Waals surface area (Å²) in [5.74, 6) is -6.33. The van der Waals surface area contributed by atoms with E-state index in [1.807, 2.05) is 0 Å². The predicted octanol–water partition coefficient (Wildman–Crippen LogP) is -1.35. The summed E-state index contributed by atoms with van der Waals surface area (Å²) in [4.78, 5) is 76.3. The number of aliphatic carboxylic acids is 2. The number of rotatable bonds is 12. The molecule has 0 aliphatic rings. The fourth-order valence-corrected chi connectivity index (χ4v) is 5.70. The minimum absolute atomic E-state index is 1.58. The molecule has 170 valence electrons. The molecule has 0 fully saturated rings. The highest BCUT2D eigenvalue weighted by atomic mass is 31.3. The van der Waals surface area contributed by atoms with E-state index in [2.05, 4.69) is 17.5 Å². The van der Waals surface area contributed by atoms with Crippen LogP contribution in [0.4, 0.5) is 0 Å². The third kappa shape index (κ3) is 11.7. The van der Waals surface area contributed by atoms with E-state index in [1.165, 1.54) is 0 Å². The zero-order valence-electron chi connectivity index (χ0n) is 13.3. The molecule has 0 aromatic rings. The molecular weight excluding hydrogens is 500 g/mol.